The molecule has 11 heteroatoms. The van der Waals surface area contributed by atoms with Crippen molar-refractivity contribution in [3.05, 3.63) is 33.9 Å². The summed E-state index contributed by atoms with van der Waals surface area (Å²) in [5.41, 5.74) is -0.150. The third-order valence-corrected chi connectivity index (χ3v) is 4.18. The minimum atomic E-state index is -1.10. The predicted octanol–water partition coefficient (Wildman–Crippen LogP) is 1.90. The van der Waals surface area contributed by atoms with E-state index in [-0.39, 0.29) is 30.6 Å². The molecule has 4 unspecified atom stereocenters. The summed E-state index contributed by atoms with van der Waals surface area (Å²) in [4.78, 5) is 33.9. The number of nitro benzene ring substituents is 1. The first-order valence-electron chi connectivity index (χ1n) is 9.53. The van der Waals surface area contributed by atoms with Gasteiger partial charge in [0.1, 0.15) is 6.10 Å². The fourth-order valence-electron chi connectivity index (χ4n) is 2.89. The SMILES string of the molecule is C#CCC(O)c1ccc(OC2CC(OC(C)=O)CC(C(=O)OC)O2)c([N+](=O)[O-])c1.COC. The molecule has 1 aromatic rings. The van der Waals surface area contributed by atoms with Crippen LogP contribution in [0.25, 0.3) is 0 Å². The number of aliphatic hydroxyl groups excluding tert-OH is 1. The summed E-state index contributed by atoms with van der Waals surface area (Å²) in [5, 5.41) is 21.4. The number of methoxy groups -OCH3 is 2. The van der Waals surface area contributed by atoms with Gasteiger partial charge in [0.2, 0.25) is 6.29 Å². The van der Waals surface area contributed by atoms with Crippen LogP contribution in [0.4, 0.5) is 5.69 Å². The topological polar surface area (TPSA) is 144 Å². The van der Waals surface area contributed by atoms with E-state index in [9.17, 15) is 24.8 Å². The molecule has 4 atom stereocenters. The molecular weight excluding hydrogens is 426 g/mol. The summed E-state index contributed by atoms with van der Waals surface area (Å²) >= 11 is 0. The van der Waals surface area contributed by atoms with Crippen LogP contribution in [0.15, 0.2) is 18.2 Å². The van der Waals surface area contributed by atoms with Gasteiger partial charge in [-0.25, -0.2) is 4.79 Å². The van der Waals surface area contributed by atoms with Crippen LogP contribution in [0.1, 0.15) is 37.9 Å². The van der Waals surface area contributed by atoms with Crippen molar-refractivity contribution in [2.24, 2.45) is 0 Å². The van der Waals surface area contributed by atoms with Gasteiger partial charge in [0, 0.05) is 46.5 Å². The zero-order valence-electron chi connectivity index (χ0n) is 18.3. The number of aliphatic hydroxyl groups is 1. The van der Waals surface area contributed by atoms with Gasteiger partial charge in [-0.2, -0.15) is 0 Å². The monoisotopic (exact) mass is 453 g/mol. The number of esters is 2. The van der Waals surface area contributed by atoms with Crippen molar-refractivity contribution in [1.82, 2.24) is 0 Å². The number of carbonyl (C=O) groups excluding carboxylic acids is 2. The van der Waals surface area contributed by atoms with Crippen LogP contribution in [0, 0.1) is 22.5 Å². The molecule has 11 nitrogen and oxygen atoms in total. The molecule has 1 aliphatic heterocycles. The van der Waals surface area contributed by atoms with Gasteiger partial charge in [0.15, 0.2) is 11.9 Å². The molecule has 0 spiro atoms. The van der Waals surface area contributed by atoms with Crippen LogP contribution < -0.4 is 4.74 Å². The van der Waals surface area contributed by atoms with Gasteiger partial charge in [-0.15, -0.1) is 12.3 Å². The molecule has 0 saturated carbocycles. The Kier molecular flexibility index (Phi) is 11.1. The largest absolute Gasteiger partial charge is 0.467 e. The van der Waals surface area contributed by atoms with Crippen molar-refractivity contribution < 1.29 is 43.3 Å². The minimum Gasteiger partial charge on any atom is -0.467 e. The number of rotatable bonds is 7. The van der Waals surface area contributed by atoms with Gasteiger partial charge >= 0.3 is 17.6 Å². The summed E-state index contributed by atoms with van der Waals surface area (Å²) in [7, 11) is 4.43. The molecule has 1 saturated heterocycles. The molecule has 0 aliphatic carbocycles. The molecular formula is C21H27NO10. The summed E-state index contributed by atoms with van der Waals surface area (Å²) in [6, 6.07) is 3.90. The first kappa shape index (κ1) is 26.8. The van der Waals surface area contributed by atoms with E-state index in [0.717, 1.165) is 6.07 Å². The molecule has 1 aliphatic rings. The molecule has 0 bridgehead atoms. The van der Waals surface area contributed by atoms with Crippen molar-refractivity contribution in [3.63, 3.8) is 0 Å². The van der Waals surface area contributed by atoms with Crippen LogP contribution in [-0.2, 0) is 28.5 Å². The van der Waals surface area contributed by atoms with E-state index in [1.807, 2.05) is 0 Å². The Balaban J connectivity index is 0.00000161. The number of nitro groups is 1. The smallest absolute Gasteiger partial charge is 0.335 e. The van der Waals surface area contributed by atoms with E-state index in [1.54, 1.807) is 14.2 Å². The maximum atomic E-state index is 11.9. The lowest BCUT2D eigenvalue weighted by atomic mass is 10.0. The average molecular weight is 453 g/mol. The number of benzene rings is 1. The fourth-order valence-corrected chi connectivity index (χ4v) is 2.89. The molecule has 0 amide bonds. The van der Waals surface area contributed by atoms with Gasteiger partial charge in [-0.05, 0) is 11.6 Å². The lowest BCUT2D eigenvalue weighted by Gasteiger charge is -2.33. The predicted molar refractivity (Wildman–Crippen MR) is 111 cm³/mol. The highest BCUT2D eigenvalue weighted by Crippen LogP contribution is 2.34. The Bertz CT molecular complexity index is 834. The Morgan fingerprint density at radius 1 is 1.34 bits per heavy atom. The lowest BCUT2D eigenvalue weighted by molar-refractivity contribution is -0.386. The first-order chi connectivity index (χ1) is 15.2. The van der Waals surface area contributed by atoms with E-state index >= 15 is 0 Å². The first-order valence-corrected chi connectivity index (χ1v) is 9.53. The van der Waals surface area contributed by atoms with E-state index in [2.05, 4.69) is 15.4 Å². The maximum absolute atomic E-state index is 11.9. The second-order valence-electron chi connectivity index (χ2n) is 6.71. The average Bonchev–Trinajstić information content (AvgIpc) is 2.73. The van der Waals surface area contributed by atoms with Gasteiger partial charge in [0.25, 0.3) is 0 Å². The molecule has 1 fully saturated rings. The van der Waals surface area contributed by atoms with Crippen molar-refractivity contribution in [1.29, 1.82) is 0 Å². The Morgan fingerprint density at radius 2 is 2.00 bits per heavy atom. The van der Waals surface area contributed by atoms with Gasteiger partial charge < -0.3 is 28.8 Å². The van der Waals surface area contributed by atoms with E-state index in [4.69, 9.17) is 20.6 Å². The highest BCUT2D eigenvalue weighted by Gasteiger charge is 2.38. The van der Waals surface area contributed by atoms with Crippen molar-refractivity contribution in [2.45, 2.75) is 50.8 Å². The molecule has 2 rings (SSSR count). The third kappa shape index (κ3) is 8.14. The highest BCUT2D eigenvalue weighted by atomic mass is 16.7. The van der Waals surface area contributed by atoms with Gasteiger partial charge in [-0.1, -0.05) is 6.07 Å². The van der Waals surface area contributed by atoms with Gasteiger partial charge in [-0.3, -0.25) is 14.9 Å². The molecule has 176 valence electrons. The number of carbonyl (C=O) groups is 2. The summed E-state index contributed by atoms with van der Waals surface area (Å²) in [5.74, 6) is 0.918. The number of hydrogen-bond acceptors (Lipinski definition) is 10. The third-order valence-electron chi connectivity index (χ3n) is 4.18. The maximum Gasteiger partial charge on any atom is 0.335 e. The Morgan fingerprint density at radius 3 is 2.53 bits per heavy atom. The van der Waals surface area contributed by atoms with Crippen LogP contribution in [0.2, 0.25) is 0 Å². The normalized spacial score (nSPS) is 20.6. The summed E-state index contributed by atoms with van der Waals surface area (Å²) < 4.78 is 25.2. The van der Waals surface area contributed by atoms with Crippen LogP contribution >= 0.6 is 0 Å². The lowest BCUT2D eigenvalue weighted by Crippen LogP contribution is -2.44. The van der Waals surface area contributed by atoms with E-state index < -0.39 is 47.2 Å². The van der Waals surface area contributed by atoms with E-state index in [0.29, 0.717) is 0 Å². The second-order valence-corrected chi connectivity index (χ2v) is 6.71. The molecule has 0 aromatic heterocycles. The molecule has 1 aromatic carbocycles. The highest BCUT2D eigenvalue weighted by molar-refractivity contribution is 5.74. The molecule has 32 heavy (non-hydrogen) atoms. The van der Waals surface area contributed by atoms with Crippen molar-refractivity contribution >= 4 is 17.6 Å². The second kappa shape index (κ2) is 13.3. The fraction of sp³-hybridized carbons (Fsp3) is 0.524. The number of hydrogen-bond donors (Lipinski definition) is 1. The van der Waals surface area contributed by atoms with E-state index in [1.165, 1.54) is 26.2 Å². The zero-order chi connectivity index (χ0) is 24.3. The van der Waals surface area contributed by atoms with Crippen LogP contribution in [0.3, 0.4) is 0 Å². The van der Waals surface area contributed by atoms with Gasteiger partial charge in [0.05, 0.1) is 18.1 Å². The van der Waals surface area contributed by atoms with Crippen molar-refractivity contribution in [3.8, 4) is 18.1 Å². The van der Waals surface area contributed by atoms with Crippen LogP contribution in [-0.4, -0.2) is 61.8 Å². The standard InChI is InChI=1S/C19H21NO9.C2H6O/c1-4-5-15(22)12-6-7-16(14(8-12)20(24)25)28-18-10-13(27-11(2)21)9-17(29-18)19(23)26-3;1-3-2/h1,6-8,13,15,17-18,22H,5,9-10H2,2-3H3;1-2H3. The molecule has 0 radical (unpaired) electrons. The summed E-state index contributed by atoms with van der Waals surface area (Å²) in [6.07, 6.45) is 1.38. The van der Waals surface area contributed by atoms with Crippen LogP contribution in [0.5, 0.6) is 5.75 Å². The Labute approximate surface area is 185 Å². The summed E-state index contributed by atoms with van der Waals surface area (Å²) in [6.45, 7) is 1.23. The molecule has 1 heterocycles. The number of ether oxygens (including phenoxy) is 5. The minimum absolute atomic E-state index is 0.00598. The quantitative estimate of drug-likeness (QED) is 0.281. The van der Waals surface area contributed by atoms with Crippen molar-refractivity contribution in [2.75, 3.05) is 21.3 Å². The zero-order valence-corrected chi connectivity index (χ0v) is 18.3. The number of nitrogens with zero attached hydrogens (tertiary/aromatic N) is 1. The number of terminal acetylenes is 1. The molecule has 1 N–H and O–H groups in total. The Hall–Kier alpha value is -3.20.